The van der Waals surface area contributed by atoms with Crippen molar-refractivity contribution in [3.8, 4) is 0 Å². The molecule has 2 amide bonds. The largest absolute Gasteiger partial charge is 0.338 e. The van der Waals surface area contributed by atoms with Crippen LogP contribution in [0.25, 0.3) is 0 Å². The zero-order chi connectivity index (χ0) is 10.7. The highest BCUT2D eigenvalue weighted by molar-refractivity contribution is 5.73. The van der Waals surface area contributed by atoms with E-state index in [4.69, 9.17) is 0 Å². The van der Waals surface area contributed by atoms with E-state index in [9.17, 15) is 4.79 Å². The maximum absolute atomic E-state index is 11.3. The summed E-state index contributed by atoms with van der Waals surface area (Å²) < 4.78 is 0. The fourth-order valence-corrected chi connectivity index (χ4v) is 1.98. The Balaban J connectivity index is 2.24. The number of urea groups is 1. The van der Waals surface area contributed by atoms with E-state index in [-0.39, 0.29) is 6.03 Å². The minimum atomic E-state index is 0.0248. The van der Waals surface area contributed by atoms with Crippen molar-refractivity contribution in [1.29, 1.82) is 0 Å². The fourth-order valence-electron chi connectivity index (χ4n) is 1.98. The van der Waals surface area contributed by atoms with Gasteiger partial charge in [0.15, 0.2) is 0 Å². The molecule has 1 saturated carbocycles. The lowest BCUT2D eigenvalue weighted by Gasteiger charge is -2.17. The first-order valence-corrected chi connectivity index (χ1v) is 5.51. The average Bonchev–Trinajstić information content (AvgIpc) is 2.83. The molecule has 0 bridgehead atoms. The van der Waals surface area contributed by atoms with Crippen molar-refractivity contribution >= 4 is 6.03 Å². The van der Waals surface area contributed by atoms with Crippen LogP contribution in [0.3, 0.4) is 0 Å². The maximum Gasteiger partial charge on any atom is 0.316 e. The second-order valence-corrected chi connectivity index (χ2v) is 4.63. The summed E-state index contributed by atoms with van der Waals surface area (Å²) in [4.78, 5) is 12.9. The summed E-state index contributed by atoms with van der Waals surface area (Å²) in [6, 6.07) is 0.0248. The van der Waals surface area contributed by atoms with E-state index in [0.29, 0.717) is 5.92 Å². The molecule has 3 heteroatoms. The van der Waals surface area contributed by atoms with Gasteiger partial charge >= 0.3 is 6.03 Å². The number of rotatable bonds is 4. The average molecular weight is 198 g/mol. The first kappa shape index (κ1) is 11.3. The van der Waals surface area contributed by atoms with Gasteiger partial charge in [0.1, 0.15) is 0 Å². The van der Waals surface area contributed by atoms with Crippen molar-refractivity contribution in [3.63, 3.8) is 0 Å². The summed E-state index contributed by atoms with van der Waals surface area (Å²) in [7, 11) is 3.55. The summed E-state index contributed by atoms with van der Waals surface area (Å²) in [5, 5.41) is 2.96. The topological polar surface area (TPSA) is 32.3 Å². The monoisotopic (exact) mass is 198 g/mol. The van der Waals surface area contributed by atoms with Gasteiger partial charge in [-0.25, -0.2) is 4.79 Å². The Bertz CT molecular complexity index is 203. The van der Waals surface area contributed by atoms with Crippen molar-refractivity contribution in [3.05, 3.63) is 0 Å². The molecule has 0 aromatic carbocycles. The van der Waals surface area contributed by atoms with Gasteiger partial charge in [-0.05, 0) is 24.2 Å². The summed E-state index contributed by atoms with van der Waals surface area (Å²) in [5.41, 5.74) is 0. The quantitative estimate of drug-likeness (QED) is 0.735. The number of carbonyl (C=O) groups excluding carboxylic acids is 1. The van der Waals surface area contributed by atoms with Gasteiger partial charge in [0.2, 0.25) is 0 Å². The SMILES string of the molecule is CC[C@@H](CNC(=O)N(C)C)[C@@H]1CC1C. The lowest BCUT2D eigenvalue weighted by molar-refractivity contribution is 0.214. The molecule has 82 valence electrons. The number of amides is 2. The molecule has 1 unspecified atom stereocenters. The van der Waals surface area contributed by atoms with Crippen LogP contribution in [0.5, 0.6) is 0 Å². The van der Waals surface area contributed by atoms with Crippen molar-refractivity contribution in [2.24, 2.45) is 17.8 Å². The smallest absolute Gasteiger partial charge is 0.316 e. The van der Waals surface area contributed by atoms with E-state index in [1.165, 1.54) is 12.8 Å². The zero-order valence-corrected chi connectivity index (χ0v) is 9.71. The lowest BCUT2D eigenvalue weighted by Crippen LogP contribution is -2.37. The molecule has 1 N–H and O–H groups in total. The number of nitrogens with one attached hydrogen (secondary N) is 1. The van der Waals surface area contributed by atoms with Crippen LogP contribution in [0.15, 0.2) is 0 Å². The number of hydrogen-bond donors (Lipinski definition) is 1. The molecule has 0 radical (unpaired) electrons. The highest BCUT2D eigenvalue weighted by Crippen LogP contribution is 2.44. The number of hydrogen-bond acceptors (Lipinski definition) is 1. The van der Waals surface area contributed by atoms with Crippen molar-refractivity contribution in [2.45, 2.75) is 26.7 Å². The molecular formula is C11H22N2O. The van der Waals surface area contributed by atoms with E-state index in [2.05, 4.69) is 19.2 Å². The molecule has 1 rings (SSSR count). The Morgan fingerprint density at radius 2 is 2.14 bits per heavy atom. The van der Waals surface area contributed by atoms with Crippen LogP contribution in [0, 0.1) is 17.8 Å². The summed E-state index contributed by atoms with van der Waals surface area (Å²) in [6.45, 7) is 5.33. The van der Waals surface area contributed by atoms with Gasteiger partial charge in [-0.1, -0.05) is 20.3 Å². The minimum Gasteiger partial charge on any atom is -0.338 e. The minimum absolute atomic E-state index is 0.0248. The van der Waals surface area contributed by atoms with Crippen LogP contribution in [-0.2, 0) is 0 Å². The maximum atomic E-state index is 11.3. The summed E-state index contributed by atoms with van der Waals surface area (Å²) in [6.07, 6.45) is 2.51. The Morgan fingerprint density at radius 3 is 2.50 bits per heavy atom. The van der Waals surface area contributed by atoms with Crippen LogP contribution >= 0.6 is 0 Å². The van der Waals surface area contributed by atoms with E-state index in [1.807, 2.05) is 0 Å². The predicted octanol–water partition coefficient (Wildman–Crippen LogP) is 1.94. The van der Waals surface area contributed by atoms with Gasteiger partial charge in [0, 0.05) is 20.6 Å². The first-order chi connectivity index (χ1) is 6.56. The van der Waals surface area contributed by atoms with Gasteiger partial charge in [0.05, 0.1) is 0 Å². The summed E-state index contributed by atoms with van der Waals surface area (Å²) in [5.74, 6) is 2.40. The molecule has 3 atom stereocenters. The van der Waals surface area contributed by atoms with Crippen molar-refractivity contribution in [2.75, 3.05) is 20.6 Å². The fraction of sp³-hybridized carbons (Fsp3) is 0.909. The zero-order valence-electron chi connectivity index (χ0n) is 9.71. The number of carbonyl (C=O) groups is 1. The van der Waals surface area contributed by atoms with E-state index >= 15 is 0 Å². The van der Waals surface area contributed by atoms with Crippen LogP contribution in [0.4, 0.5) is 4.79 Å². The van der Waals surface area contributed by atoms with Crippen LogP contribution in [0.1, 0.15) is 26.7 Å². The predicted molar refractivity (Wildman–Crippen MR) is 58.1 cm³/mol. The molecular weight excluding hydrogens is 176 g/mol. The molecule has 0 spiro atoms. The highest BCUT2D eigenvalue weighted by Gasteiger charge is 2.38. The Morgan fingerprint density at radius 1 is 1.57 bits per heavy atom. The van der Waals surface area contributed by atoms with Gasteiger partial charge < -0.3 is 10.2 Å². The highest BCUT2D eigenvalue weighted by atomic mass is 16.2. The standard InChI is InChI=1S/C11H22N2O/c1-5-9(10-6-8(10)2)7-12-11(14)13(3)4/h8-10H,5-7H2,1-4H3,(H,12,14)/t8?,9-,10+/m0/s1. The molecule has 0 aromatic heterocycles. The Hall–Kier alpha value is -0.730. The first-order valence-electron chi connectivity index (χ1n) is 5.51. The molecule has 0 aliphatic heterocycles. The molecule has 1 fully saturated rings. The molecule has 0 heterocycles. The van der Waals surface area contributed by atoms with Crippen molar-refractivity contribution < 1.29 is 4.79 Å². The Labute approximate surface area is 86.9 Å². The van der Waals surface area contributed by atoms with Crippen LogP contribution in [-0.4, -0.2) is 31.6 Å². The van der Waals surface area contributed by atoms with Crippen LogP contribution < -0.4 is 5.32 Å². The molecule has 0 aromatic rings. The molecule has 3 nitrogen and oxygen atoms in total. The molecule has 14 heavy (non-hydrogen) atoms. The van der Waals surface area contributed by atoms with Gasteiger partial charge in [-0.2, -0.15) is 0 Å². The second kappa shape index (κ2) is 4.67. The van der Waals surface area contributed by atoms with E-state index in [1.54, 1.807) is 19.0 Å². The third kappa shape index (κ3) is 2.89. The summed E-state index contributed by atoms with van der Waals surface area (Å²) >= 11 is 0. The van der Waals surface area contributed by atoms with Gasteiger partial charge in [0.25, 0.3) is 0 Å². The van der Waals surface area contributed by atoms with Crippen molar-refractivity contribution in [1.82, 2.24) is 10.2 Å². The Kier molecular flexibility index (Phi) is 3.78. The molecule has 1 aliphatic rings. The van der Waals surface area contributed by atoms with Crippen LogP contribution in [0.2, 0.25) is 0 Å². The third-order valence-electron chi connectivity index (χ3n) is 3.22. The normalized spacial score (nSPS) is 26.9. The van der Waals surface area contributed by atoms with Gasteiger partial charge in [-0.15, -0.1) is 0 Å². The third-order valence-corrected chi connectivity index (χ3v) is 3.22. The lowest BCUT2D eigenvalue weighted by atomic mass is 9.99. The second-order valence-electron chi connectivity index (χ2n) is 4.63. The van der Waals surface area contributed by atoms with Gasteiger partial charge in [-0.3, -0.25) is 0 Å². The van der Waals surface area contributed by atoms with E-state index < -0.39 is 0 Å². The molecule has 1 aliphatic carbocycles. The number of nitrogens with zero attached hydrogens (tertiary/aromatic N) is 1. The van der Waals surface area contributed by atoms with E-state index in [0.717, 1.165) is 18.4 Å². The molecule has 0 saturated heterocycles.